The van der Waals surface area contributed by atoms with E-state index < -0.39 is 0 Å². The highest BCUT2D eigenvalue weighted by atomic mass is 32.1. The first kappa shape index (κ1) is 20.7. The summed E-state index contributed by atoms with van der Waals surface area (Å²) in [6.45, 7) is 1.82. The molecule has 0 aliphatic carbocycles. The largest absolute Gasteiger partial charge is 0.446 e. The SMILES string of the molecule is CNC(=O)Nc1nc2ccc(-c3cnc4c(c3)N(C(=O)OC3CCOCC3)CC4)cc2s1. The lowest BCUT2D eigenvalue weighted by Crippen LogP contribution is -2.35. The predicted octanol–water partition coefficient (Wildman–Crippen LogP) is 3.79. The van der Waals surface area contributed by atoms with Crippen molar-refractivity contribution in [3.05, 3.63) is 36.2 Å². The molecule has 2 aliphatic heterocycles. The standard InChI is InChI=1S/C22H23N5O4S/c1-23-20(28)26-21-25-17-3-2-13(11-19(17)32-21)14-10-18-16(24-12-14)4-7-27(18)22(29)31-15-5-8-30-9-6-15/h2-3,10-12,15H,4-9H2,1H3,(H2,23,25,26,28). The number of carbonyl (C=O) groups is 2. The molecule has 2 N–H and O–H groups in total. The van der Waals surface area contributed by atoms with Crippen LogP contribution in [0.4, 0.5) is 20.4 Å². The fourth-order valence-corrected chi connectivity index (χ4v) is 4.81. The van der Waals surface area contributed by atoms with Gasteiger partial charge in [-0.2, -0.15) is 0 Å². The van der Waals surface area contributed by atoms with Crippen LogP contribution in [0.25, 0.3) is 21.3 Å². The van der Waals surface area contributed by atoms with E-state index in [-0.39, 0.29) is 18.2 Å². The number of anilines is 2. The van der Waals surface area contributed by atoms with Crippen LogP contribution in [0.15, 0.2) is 30.5 Å². The zero-order valence-corrected chi connectivity index (χ0v) is 18.4. The van der Waals surface area contributed by atoms with Gasteiger partial charge in [0.1, 0.15) is 6.10 Å². The minimum absolute atomic E-state index is 0.0947. The molecule has 0 spiro atoms. The van der Waals surface area contributed by atoms with E-state index in [1.165, 1.54) is 11.3 Å². The van der Waals surface area contributed by atoms with Crippen molar-refractivity contribution in [1.82, 2.24) is 15.3 Å². The maximum atomic E-state index is 12.8. The molecular formula is C22H23N5O4S. The first-order valence-corrected chi connectivity index (χ1v) is 11.4. The summed E-state index contributed by atoms with van der Waals surface area (Å²) in [6.07, 6.45) is 3.59. The van der Waals surface area contributed by atoms with Gasteiger partial charge in [0.2, 0.25) is 0 Å². The molecule has 0 unspecified atom stereocenters. The highest BCUT2D eigenvalue weighted by Gasteiger charge is 2.29. The molecule has 3 aromatic rings. The number of fused-ring (bicyclic) bond motifs is 2. The van der Waals surface area contributed by atoms with Crippen LogP contribution in [0, 0.1) is 0 Å². The molecule has 0 atom stereocenters. The Balaban J connectivity index is 1.38. The van der Waals surface area contributed by atoms with Gasteiger partial charge in [0.05, 0.1) is 34.8 Å². The molecule has 2 aromatic heterocycles. The Morgan fingerprint density at radius 3 is 2.88 bits per heavy atom. The summed E-state index contributed by atoms with van der Waals surface area (Å²) in [5.74, 6) is 0. The van der Waals surface area contributed by atoms with E-state index in [0.29, 0.717) is 31.3 Å². The van der Waals surface area contributed by atoms with Crippen molar-refractivity contribution in [2.75, 3.05) is 37.0 Å². The van der Waals surface area contributed by atoms with Gasteiger partial charge in [0, 0.05) is 44.6 Å². The molecule has 1 fully saturated rings. The van der Waals surface area contributed by atoms with Crippen LogP contribution in [-0.4, -0.2) is 55.0 Å². The Hall–Kier alpha value is -3.24. The molecule has 1 aromatic carbocycles. The third-order valence-corrected chi connectivity index (χ3v) is 6.57. The lowest BCUT2D eigenvalue weighted by atomic mass is 10.1. The maximum Gasteiger partial charge on any atom is 0.414 e. The Morgan fingerprint density at radius 1 is 1.22 bits per heavy atom. The molecule has 2 aliphatic rings. The summed E-state index contributed by atoms with van der Waals surface area (Å²) in [6, 6.07) is 7.59. The second kappa shape index (κ2) is 8.71. The second-order valence-corrected chi connectivity index (χ2v) is 8.72. The number of nitrogens with zero attached hydrogens (tertiary/aromatic N) is 3. The predicted molar refractivity (Wildman–Crippen MR) is 122 cm³/mol. The monoisotopic (exact) mass is 453 g/mol. The van der Waals surface area contributed by atoms with Gasteiger partial charge in [-0.1, -0.05) is 17.4 Å². The quantitative estimate of drug-likeness (QED) is 0.625. The van der Waals surface area contributed by atoms with Crippen molar-refractivity contribution in [3.63, 3.8) is 0 Å². The lowest BCUT2D eigenvalue weighted by molar-refractivity contribution is 0.00393. The molecule has 32 heavy (non-hydrogen) atoms. The third kappa shape index (κ3) is 4.11. The van der Waals surface area contributed by atoms with Crippen LogP contribution in [0.3, 0.4) is 0 Å². The number of aromatic nitrogens is 2. The fourth-order valence-electron chi connectivity index (χ4n) is 3.91. The van der Waals surface area contributed by atoms with Crippen LogP contribution in [0.2, 0.25) is 0 Å². The molecule has 9 nitrogen and oxygen atoms in total. The number of nitrogens with one attached hydrogen (secondary N) is 2. The van der Waals surface area contributed by atoms with Crippen molar-refractivity contribution < 1.29 is 19.1 Å². The average molecular weight is 454 g/mol. The molecule has 4 heterocycles. The van der Waals surface area contributed by atoms with E-state index in [9.17, 15) is 9.59 Å². The number of benzene rings is 1. The van der Waals surface area contributed by atoms with E-state index in [4.69, 9.17) is 9.47 Å². The van der Waals surface area contributed by atoms with Gasteiger partial charge < -0.3 is 14.8 Å². The Kier molecular flexibility index (Phi) is 5.62. The second-order valence-electron chi connectivity index (χ2n) is 7.69. The van der Waals surface area contributed by atoms with Gasteiger partial charge >= 0.3 is 12.1 Å². The van der Waals surface area contributed by atoms with Crippen molar-refractivity contribution in [1.29, 1.82) is 0 Å². The van der Waals surface area contributed by atoms with Crippen LogP contribution in [-0.2, 0) is 15.9 Å². The summed E-state index contributed by atoms with van der Waals surface area (Å²) in [5, 5.41) is 5.76. The Bertz CT molecular complexity index is 1170. The molecule has 0 saturated carbocycles. The van der Waals surface area contributed by atoms with Gasteiger partial charge in [-0.25, -0.2) is 14.6 Å². The average Bonchev–Trinajstić information content (AvgIpc) is 3.42. The molecule has 5 rings (SSSR count). The Labute approximate surface area is 188 Å². The minimum atomic E-state index is -0.322. The maximum absolute atomic E-state index is 12.8. The van der Waals surface area contributed by atoms with E-state index in [1.54, 1.807) is 11.9 Å². The zero-order valence-electron chi connectivity index (χ0n) is 17.6. The highest BCUT2D eigenvalue weighted by Crippen LogP contribution is 2.34. The first-order chi connectivity index (χ1) is 15.6. The van der Waals surface area contributed by atoms with E-state index in [2.05, 4.69) is 20.6 Å². The zero-order chi connectivity index (χ0) is 22.1. The van der Waals surface area contributed by atoms with Crippen LogP contribution in [0.1, 0.15) is 18.5 Å². The summed E-state index contributed by atoms with van der Waals surface area (Å²) in [5.41, 5.74) is 4.37. The molecular weight excluding hydrogens is 430 g/mol. The number of hydrogen-bond acceptors (Lipinski definition) is 7. The van der Waals surface area contributed by atoms with E-state index >= 15 is 0 Å². The summed E-state index contributed by atoms with van der Waals surface area (Å²) in [4.78, 5) is 35.1. The highest BCUT2D eigenvalue weighted by molar-refractivity contribution is 7.22. The number of amides is 3. The summed E-state index contributed by atoms with van der Waals surface area (Å²) >= 11 is 1.40. The molecule has 0 bridgehead atoms. The van der Waals surface area contributed by atoms with Gasteiger partial charge in [-0.15, -0.1) is 0 Å². The number of thiazole rings is 1. The molecule has 3 amide bonds. The van der Waals surface area contributed by atoms with Crippen LogP contribution < -0.4 is 15.5 Å². The topological polar surface area (TPSA) is 106 Å². The number of ether oxygens (including phenoxy) is 2. The van der Waals surface area contributed by atoms with Crippen molar-refractivity contribution >= 4 is 44.5 Å². The van der Waals surface area contributed by atoms with Crippen LogP contribution >= 0.6 is 11.3 Å². The van der Waals surface area contributed by atoms with Crippen molar-refractivity contribution in [2.45, 2.75) is 25.4 Å². The minimum Gasteiger partial charge on any atom is -0.446 e. The van der Waals surface area contributed by atoms with Crippen molar-refractivity contribution in [3.8, 4) is 11.1 Å². The third-order valence-electron chi connectivity index (χ3n) is 5.64. The summed E-state index contributed by atoms with van der Waals surface area (Å²) < 4.78 is 12.0. The van der Waals surface area contributed by atoms with Gasteiger partial charge in [0.15, 0.2) is 5.13 Å². The normalized spacial score (nSPS) is 16.1. The number of carbonyl (C=O) groups excluding carboxylic acids is 2. The summed E-state index contributed by atoms with van der Waals surface area (Å²) in [7, 11) is 1.56. The van der Waals surface area contributed by atoms with Crippen molar-refractivity contribution in [2.24, 2.45) is 0 Å². The van der Waals surface area contributed by atoms with Gasteiger partial charge in [0.25, 0.3) is 0 Å². The molecule has 1 saturated heterocycles. The number of pyridine rings is 1. The molecule has 0 radical (unpaired) electrons. The lowest BCUT2D eigenvalue weighted by Gasteiger charge is -2.25. The number of hydrogen-bond donors (Lipinski definition) is 2. The number of urea groups is 1. The Morgan fingerprint density at radius 2 is 2.06 bits per heavy atom. The van der Waals surface area contributed by atoms with Gasteiger partial charge in [-0.05, 0) is 23.8 Å². The van der Waals surface area contributed by atoms with Crippen LogP contribution in [0.5, 0.6) is 0 Å². The molecule has 10 heteroatoms. The van der Waals surface area contributed by atoms with E-state index in [1.807, 2.05) is 30.5 Å². The first-order valence-electron chi connectivity index (χ1n) is 10.6. The fraction of sp³-hybridized carbons (Fsp3) is 0.364. The van der Waals surface area contributed by atoms with Gasteiger partial charge in [-0.3, -0.25) is 15.2 Å². The number of rotatable bonds is 3. The molecule has 166 valence electrons. The smallest absolute Gasteiger partial charge is 0.414 e. The van der Waals surface area contributed by atoms with E-state index in [0.717, 1.165) is 45.6 Å².